The van der Waals surface area contributed by atoms with Crippen LogP contribution in [0.15, 0.2) is 72.5 Å². The maximum Gasteiger partial charge on any atom is 0.319 e. The average molecular weight is 1100 g/mol. The Morgan fingerprint density at radius 3 is 2.58 bits per heavy atom. The molecule has 4 unspecified atom stereocenters. The highest BCUT2D eigenvalue weighted by Gasteiger charge is 2.50. The van der Waals surface area contributed by atoms with E-state index in [2.05, 4.69) is 44.6 Å². The second-order valence-corrected chi connectivity index (χ2v) is 21.8. The number of halogens is 2. The predicted octanol–water partition coefficient (Wildman–Crippen LogP) is 8.31. The number of fused-ring (bicyclic) bond motifs is 7. The molecule has 7 N–H and O–H groups in total. The van der Waals surface area contributed by atoms with Gasteiger partial charge in [0.1, 0.15) is 49.1 Å². The van der Waals surface area contributed by atoms with Gasteiger partial charge >= 0.3 is 6.01 Å². The van der Waals surface area contributed by atoms with E-state index in [1.165, 1.54) is 23.7 Å². The number of nitrogens with two attached hydrogens (primary N) is 2. The van der Waals surface area contributed by atoms with Gasteiger partial charge < -0.3 is 50.1 Å². The van der Waals surface area contributed by atoms with E-state index in [1.54, 1.807) is 29.4 Å². The van der Waals surface area contributed by atoms with Crippen molar-refractivity contribution < 1.29 is 32.9 Å². The number of nitrogens with zero attached hydrogens (tertiary/aromatic N) is 7. The molecule has 78 heavy (non-hydrogen) atoms. The van der Waals surface area contributed by atoms with Crippen molar-refractivity contribution in [2.24, 2.45) is 11.6 Å². The normalized spacial score (nSPS) is 19.8. The highest BCUT2D eigenvalue weighted by Crippen LogP contribution is 2.55. The fourth-order valence-electron chi connectivity index (χ4n) is 11.3. The number of piperazine rings is 1. The molecule has 5 aliphatic heterocycles. The minimum atomic E-state index is -0.602. The van der Waals surface area contributed by atoms with Crippen molar-refractivity contribution in [2.45, 2.75) is 110 Å². The number of likely N-dealkylation sites (tertiary alicyclic amines) is 1. The van der Waals surface area contributed by atoms with Gasteiger partial charge in [-0.05, 0) is 67.0 Å². The number of anilines is 1. The molecule has 21 heteroatoms. The summed E-state index contributed by atoms with van der Waals surface area (Å²) in [5, 5.41) is 16.6. The van der Waals surface area contributed by atoms with Crippen LogP contribution in [0.25, 0.3) is 49.1 Å². The number of nitrogens with one attached hydrogen (secondary N) is 3. The number of aromatic nitrogens is 5. The third-order valence-electron chi connectivity index (χ3n) is 15.2. The Morgan fingerprint density at radius 2 is 1.82 bits per heavy atom. The Hall–Kier alpha value is -7.10. The first kappa shape index (κ1) is 52.9. The first-order chi connectivity index (χ1) is 37.9. The number of benzene rings is 4. The average Bonchev–Trinajstić information content (AvgIpc) is 4.46. The quantitative estimate of drug-likeness (QED) is 0.0510. The van der Waals surface area contributed by atoms with Crippen LogP contribution in [0.2, 0.25) is 5.02 Å². The zero-order valence-corrected chi connectivity index (χ0v) is 45.7. The SMILES string of the molecule is CCC.Cc1ncsc1-c1ccc(CNC(=O)C2CCCN2C(=O)CN(N)/C=C(\N)c2ccc(COc3c(-c4c(C)c(F)cc5[nH]ncc45)c(Cl)c4c5c(nc(OC6CCOCC6)nc35)N3C5CNC(C5)C3CO4)cc2)cc1. The first-order valence-electron chi connectivity index (χ1n) is 26.7. The maximum atomic E-state index is 16.0. The smallest absolute Gasteiger partial charge is 0.319 e. The summed E-state index contributed by atoms with van der Waals surface area (Å²) in [7, 11) is 0. The highest BCUT2D eigenvalue weighted by molar-refractivity contribution is 7.13. The number of carbonyl (C=O) groups excluding carboxylic acids is 2. The lowest BCUT2D eigenvalue weighted by atomic mass is 9.93. The van der Waals surface area contributed by atoms with Gasteiger partial charge in [0, 0.05) is 67.3 Å². The molecule has 2 amide bonds. The van der Waals surface area contributed by atoms with E-state index in [9.17, 15) is 9.59 Å². The molecule has 4 aromatic carbocycles. The molecule has 18 nitrogen and oxygen atoms in total. The second-order valence-electron chi connectivity index (χ2n) is 20.6. The first-order valence-corrected chi connectivity index (χ1v) is 28.0. The number of aromatic amines is 1. The largest absolute Gasteiger partial charge is 0.489 e. The number of ether oxygens (including phenoxy) is 4. The number of thiazole rings is 1. The van der Waals surface area contributed by atoms with Gasteiger partial charge in [-0.15, -0.1) is 11.3 Å². The Kier molecular flexibility index (Phi) is 15.4. The molecule has 4 atom stereocenters. The van der Waals surface area contributed by atoms with Crippen LogP contribution in [0.3, 0.4) is 0 Å². The van der Waals surface area contributed by atoms with Crippen LogP contribution < -0.4 is 41.3 Å². The summed E-state index contributed by atoms with van der Waals surface area (Å²) in [5.74, 6) is 6.79. The van der Waals surface area contributed by atoms with Crippen LogP contribution in [0.4, 0.5) is 10.2 Å². The molecular weight excluding hydrogens is 1040 g/mol. The molecule has 0 radical (unpaired) electrons. The summed E-state index contributed by atoms with van der Waals surface area (Å²) in [6, 6.07) is 16.8. The van der Waals surface area contributed by atoms with Crippen LogP contribution >= 0.6 is 22.9 Å². The molecule has 3 aromatic heterocycles. The van der Waals surface area contributed by atoms with Crippen molar-refractivity contribution >= 4 is 68.1 Å². The monoisotopic (exact) mass is 1100 g/mol. The van der Waals surface area contributed by atoms with Crippen molar-refractivity contribution in [1.29, 1.82) is 0 Å². The fourth-order valence-corrected chi connectivity index (χ4v) is 12.5. The minimum Gasteiger partial charge on any atom is -0.489 e. The van der Waals surface area contributed by atoms with E-state index in [4.69, 9.17) is 52.1 Å². The Morgan fingerprint density at radius 1 is 1.05 bits per heavy atom. The van der Waals surface area contributed by atoms with Crippen LogP contribution in [-0.2, 0) is 27.5 Å². The number of H-pyrrole nitrogens is 1. The molecule has 0 aliphatic carbocycles. The number of hydrogen-bond acceptors (Lipinski definition) is 16. The lowest BCUT2D eigenvalue weighted by Crippen LogP contribution is -2.53. The molecule has 5 aliphatic rings. The summed E-state index contributed by atoms with van der Waals surface area (Å²) in [4.78, 5) is 46.6. The molecule has 7 aromatic rings. The zero-order valence-electron chi connectivity index (χ0n) is 44.1. The van der Waals surface area contributed by atoms with Crippen LogP contribution in [0.1, 0.15) is 80.3 Å². The van der Waals surface area contributed by atoms with Gasteiger partial charge in [-0.1, -0.05) is 80.4 Å². The fraction of sp³-hybridized carbons (Fsp3) is 0.404. The van der Waals surface area contributed by atoms with E-state index in [1.807, 2.05) is 61.0 Å². The van der Waals surface area contributed by atoms with Gasteiger partial charge in [0.25, 0.3) is 0 Å². The summed E-state index contributed by atoms with van der Waals surface area (Å²) >= 11 is 9.18. The van der Waals surface area contributed by atoms with Gasteiger partial charge in [-0.25, -0.2) is 15.2 Å². The van der Waals surface area contributed by atoms with E-state index in [0.717, 1.165) is 40.2 Å². The van der Waals surface area contributed by atoms with Gasteiger partial charge in [-0.3, -0.25) is 14.7 Å². The molecule has 4 saturated heterocycles. The molecular formula is C57H64ClFN12O6S. The molecule has 8 heterocycles. The highest BCUT2D eigenvalue weighted by atomic mass is 35.5. The van der Waals surface area contributed by atoms with Gasteiger partial charge in [0.2, 0.25) is 11.8 Å². The van der Waals surface area contributed by atoms with Crippen molar-refractivity contribution in [2.75, 3.05) is 44.4 Å². The minimum absolute atomic E-state index is 0.0338. The Balaban J connectivity index is 0.00000210. The molecule has 2 bridgehead atoms. The Bertz CT molecular complexity index is 3390. The lowest BCUT2D eigenvalue weighted by Gasteiger charge is -2.35. The van der Waals surface area contributed by atoms with E-state index in [-0.39, 0.29) is 60.2 Å². The van der Waals surface area contributed by atoms with Gasteiger partial charge in [0.15, 0.2) is 11.5 Å². The number of aryl methyl sites for hydroxylation is 1. The summed E-state index contributed by atoms with van der Waals surface area (Å²) in [6.07, 6.45) is 7.81. The van der Waals surface area contributed by atoms with Crippen LogP contribution in [0, 0.1) is 19.7 Å². The lowest BCUT2D eigenvalue weighted by molar-refractivity contribution is -0.139. The number of amides is 2. The van der Waals surface area contributed by atoms with Crippen molar-refractivity contribution in [3.8, 4) is 39.1 Å². The molecule has 12 rings (SSSR count). The Labute approximate surface area is 460 Å². The number of carbonyl (C=O) groups is 2. The molecule has 0 spiro atoms. The zero-order chi connectivity index (χ0) is 54.2. The van der Waals surface area contributed by atoms with Crippen molar-refractivity contribution in [3.05, 3.63) is 111 Å². The summed E-state index contributed by atoms with van der Waals surface area (Å²) in [5.41, 5.74) is 15.3. The third kappa shape index (κ3) is 10.4. The summed E-state index contributed by atoms with van der Waals surface area (Å²) in [6.45, 7) is 10.9. The van der Waals surface area contributed by atoms with Crippen molar-refractivity contribution in [3.63, 3.8) is 0 Å². The molecule has 408 valence electrons. The van der Waals surface area contributed by atoms with Gasteiger partial charge in [0.05, 0.1) is 63.2 Å². The number of hydrazine groups is 1. The number of rotatable bonds is 14. The maximum absolute atomic E-state index is 16.0. The third-order valence-corrected chi connectivity index (χ3v) is 16.5. The van der Waals surface area contributed by atoms with Gasteiger partial charge in [-0.2, -0.15) is 15.1 Å². The van der Waals surface area contributed by atoms with E-state index < -0.39 is 11.9 Å². The molecule has 4 fully saturated rings. The standard InChI is InChI=1S/C54H56ClFN12O6S.C3H8/c1-28-37(56)19-39-36(22-62-65-39)44(28)45-47(55)49-46-48(63-54(74-35-13-16-71-17-14-35)64-52(46)68-34-18-40(59-21-34)42(68)26-73-49)50(45)72-25-31-7-9-32(10-8-31)38(57)23-66(58)24-43(69)67-15-3-4-41(67)53(70)60-20-30-5-11-33(12-6-30)51-29(2)61-27-75-51;1-3-2/h5-12,19,22-23,27,34-35,40-42,59H,3-4,13-18,20-21,24-26,57-58H2,1-2H3,(H,60,70)(H,62,65);3H2,1-2H3/b38-23-;. The topological polar surface area (TPSA) is 224 Å². The van der Waals surface area contributed by atoms with Crippen LogP contribution in [0.5, 0.6) is 17.5 Å². The van der Waals surface area contributed by atoms with Crippen molar-refractivity contribution in [1.82, 2.24) is 45.7 Å². The summed E-state index contributed by atoms with van der Waals surface area (Å²) < 4.78 is 41.9. The van der Waals surface area contributed by atoms with E-state index >= 15 is 4.39 Å². The van der Waals surface area contributed by atoms with E-state index in [0.29, 0.717) is 126 Å². The molecule has 0 saturated carbocycles. The second kappa shape index (κ2) is 22.7. The number of hydrogen-bond donors (Lipinski definition) is 5. The van der Waals surface area contributed by atoms with Crippen LogP contribution in [-0.4, -0.2) is 117 Å². The predicted molar refractivity (Wildman–Crippen MR) is 299 cm³/mol.